The number of rotatable bonds is 0. The first-order valence-corrected chi connectivity index (χ1v) is 8.86. The van der Waals surface area contributed by atoms with E-state index in [1.165, 1.54) is 5.70 Å². The second-order valence-corrected chi connectivity index (χ2v) is 8.59. The maximum absolute atomic E-state index is 12.4. The molecule has 4 rings (SSSR count). The molecule has 0 amide bonds. The lowest BCUT2D eigenvalue weighted by atomic mass is 9.50. The van der Waals surface area contributed by atoms with Crippen molar-refractivity contribution in [1.82, 2.24) is 4.90 Å². The quantitative estimate of drug-likeness (QED) is 0.689. The Bertz CT molecular complexity index is 580. The van der Waals surface area contributed by atoms with Gasteiger partial charge in [0.25, 0.3) is 0 Å². The molecule has 0 radical (unpaired) electrons. The van der Waals surface area contributed by atoms with Crippen molar-refractivity contribution in [1.29, 1.82) is 0 Å². The van der Waals surface area contributed by atoms with Crippen molar-refractivity contribution in [3.05, 3.63) is 11.8 Å². The van der Waals surface area contributed by atoms with Gasteiger partial charge in [-0.05, 0) is 43.4 Å². The molecule has 3 nitrogen and oxygen atoms in total. The van der Waals surface area contributed by atoms with Gasteiger partial charge >= 0.3 is 0 Å². The van der Waals surface area contributed by atoms with Crippen LogP contribution in [0.2, 0.25) is 0 Å². The first-order chi connectivity index (χ1) is 10.4. The summed E-state index contributed by atoms with van der Waals surface area (Å²) in [6.07, 6.45) is 7.66. The number of piperidine rings is 1. The zero-order valence-electron chi connectivity index (χ0n) is 14.0. The minimum atomic E-state index is -0.0654. The smallest absolute Gasteiger partial charge is 0.157 e. The van der Waals surface area contributed by atoms with Gasteiger partial charge in [0.2, 0.25) is 0 Å². The molecule has 2 saturated carbocycles. The molecule has 0 aromatic heterocycles. The third-order valence-corrected chi connectivity index (χ3v) is 7.63. The van der Waals surface area contributed by atoms with Gasteiger partial charge in [-0.2, -0.15) is 0 Å². The van der Waals surface area contributed by atoms with Crippen LogP contribution in [0.15, 0.2) is 11.8 Å². The molecule has 0 aromatic rings. The van der Waals surface area contributed by atoms with Crippen molar-refractivity contribution in [2.24, 2.45) is 28.6 Å². The molecule has 22 heavy (non-hydrogen) atoms. The lowest BCUT2D eigenvalue weighted by Crippen LogP contribution is -2.57. The summed E-state index contributed by atoms with van der Waals surface area (Å²) in [6, 6.07) is 0. The summed E-state index contributed by atoms with van der Waals surface area (Å²) in [5, 5.41) is 0. The molecular formula is C19H27NO2. The Labute approximate surface area is 133 Å². The van der Waals surface area contributed by atoms with Gasteiger partial charge in [-0.15, -0.1) is 0 Å². The fourth-order valence-electron chi connectivity index (χ4n) is 6.34. The van der Waals surface area contributed by atoms with Crippen molar-refractivity contribution >= 4 is 11.6 Å². The van der Waals surface area contributed by atoms with E-state index in [0.29, 0.717) is 30.0 Å². The Morgan fingerprint density at radius 3 is 2.55 bits per heavy atom. The fraction of sp³-hybridized carbons (Fsp3) is 0.789. The standard InChI is InChI=1S/C19H27NO2/c1-18-8-6-12(21)10-16(18)20(3)11-13-14-4-5-17(22)19(14,2)9-7-15(13)18/h10,13-15H,4-9,11H2,1-3H3. The highest BCUT2D eigenvalue weighted by Crippen LogP contribution is 2.62. The van der Waals surface area contributed by atoms with Gasteiger partial charge in [0, 0.05) is 49.0 Å². The number of hydrogen-bond acceptors (Lipinski definition) is 3. The number of allylic oxidation sites excluding steroid dienone is 2. The van der Waals surface area contributed by atoms with E-state index in [0.717, 1.165) is 38.6 Å². The van der Waals surface area contributed by atoms with Crippen molar-refractivity contribution in [2.45, 2.75) is 52.4 Å². The van der Waals surface area contributed by atoms with Crippen LogP contribution in [0.4, 0.5) is 0 Å². The molecule has 0 spiro atoms. The van der Waals surface area contributed by atoms with Gasteiger partial charge in [-0.1, -0.05) is 13.8 Å². The minimum Gasteiger partial charge on any atom is -0.377 e. The van der Waals surface area contributed by atoms with E-state index in [1.54, 1.807) is 0 Å². The summed E-state index contributed by atoms with van der Waals surface area (Å²) in [7, 11) is 2.14. The van der Waals surface area contributed by atoms with Gasteiger partial charge < -0.3 is 4.90 Å². The predicted molar refractivity (Wildman–Crippen MR) is 85.1 cm³/mol. The molecule has 5 unspecified atom stereocenters. The number of fused-ring (bicyclic) bond motifs is 5. The van der Waals surface area contributed by atoms with Crippen molar-refractivity contribution < 1.29 is 9.59 Å². The van der Waals surface area contributed by atoms with E-state index in [9.17, 15) is 9.59 Å². The van der Waals surface area contributed by atoms with Gasteiger partial charge in [-0.3, -0.25) is 9.59 Å². The molecular weight excluding hydrogens is 274 g/mol. The molecule has 1 heterocycles. The Morgan fingerprint density at radius 1 is 1.05 bits per heavy atom. The number of hydrogen-bond donors (Lipinski definition) is 0. The van der Waals surface area contributed by atoms with Crippen molar-refractivity contribution in [3.63, 3.8) is 0 Å². The summed E-state index contributed by atoms with van der Waals surface area (Å²) in [4.78, 5) is 26.6. The van der Waals surface area contributed by atoms with Crippen LogP contribution in [0.1, 0.15) is 52.4 Å². The lowest BCUT2D eigenvalue weighted by molar-refractivity contribution is -0.134. The normalized spacial score (nSPS) is 47.7. The molecule has 3 aliphatic carbocycles. The number of likely N-dealkylation sites (tertiary alicyclic amines) is 1. The molecule has 1 saturated heterocycles. The van der Waals surface area contributed by atoms with E-state index >= 15 is 0 Å². The van der Waals surface area contributed by atoms with Crippen LogP contribution in [0, 0.1) is 28.6 Å². The van der Waals surface area contributed by atoms with E-state index in [1.807, 2.05) is 6.08 Å². The molecule has 120 valence electrons. The average Bonchev–Trinajstić information content (AvgIpc) is 2.77. The molecule has 3 heteroatoms. The third kappa shape index (κ3) is 1.68. The monoisotopic (exact) mass is 301 g/mol. The Morgan fingerprint density at radius 2 is 1.77 bits per heavy atom. The Balaban J connectivity index is 1.74. The summed E-state index contributed by atoms with van der Waals surface area (Å²) in [6.45, 7) is 5.62. The lowest BCUT2D eigenvalue weighted by Gasteiger charge is -2.59. The van der Waals surface area contributed by atoms with Crippen LogP contribution in [-0.4, -0.2) is 30.1 Å². The zero-order valence-corrected chi connectivity index (χ0v) is 14.0. The maximum Gasteiger partial charge on any atom is 0.157 e. The first-order valence-electron chi connectivity index (χ1n) is 8.86. The minimum absolute atomic E-state index is 0.0654. The van der Waals surface area contributed by atoms with Gasteiger partial charge in [0.05, 0.1) is 0 Å². The molecule has 0 N–H and O–H groups in total. The number of nitrogens with zero attached hydrogens (tertiary/aromatic N) is 1. The maximum atomic E-state index is 12.4. The topological polar surface area (TPSA) is 37.4 Å². The first kappa shape index (κ1) is 14.5. The number of carbonyl (C=O) groups is 2. The van der Waals surface area contributed by atoms with Crippen LogP contribution in [0.3, 0.4) is 0 Å². The second-order valence-electron chi connectivity index (χ2n) is 8.59. The highest BCUT2D eigenvalue weighted by molar-refractivity contribution is 5.91. The number of Topliss-reactive ketones (excluding diaryl/α,β-unsaturated/α-hetero) is 1. The molecule has 1 aliphatic heterocycles. The third-order valence-electron chi connectivity index (χ3n) is 7.63. The Hall–Kier alpha value is -1.12. The summed E-state index contributed by atoms with van der Waals surface area (Å²) in [5.74, 6) is 2.60. The predicted octanol–water partition coefficient (Wildman–Crippen LogP) is 3.20. The number of carbonyl (C=O) groups excluding carboxylic acids is 2. The van der Waals surface area contributed by atoms with Crippen LogP contribution in [-0.2, 0) is 9.59 Å². The Kier molecular flexibility index (Phi) is 2.93. The summed E-state index contributed by atoms with van der Waals surface area (Å²) >= 11 is 0. The SMILES string of the molecule is CN1CC2C3CCC(=O)C3(C)CCC2C2(C)CCC(=O)C=C12. The van der Waals surface area contributed by atoms with Gasteiger partial charge in [0.15, 0.2) is 5.78 Å². The highest BCUT2D eigenvalue weighted by atomic mass is 16.1. The molecule has 0 bridgehead atoms. The van der Waals surface area contributed by atoms with Gasteiger partial charge in [-0.25, -0.2) is 0 Å². The largest absolute Gasteiger partial charge is 0.377 e. The second kappa shape index (κ2) is 4.46. The van der Waals surface area contributed by atoms with E-state index in [4.69, 9.17) is 0 Å². The van der Waals surface area contributed by atoms with Crippen molar-refractivity contribution in [2.75, 3.05) is 13.6 Å². The van der Waals surface area contributed by atoms with Crippen LogP contribution in [0.25, 0.3) is 0 Å². The van der Waals surface area contributed by atoms with Gasteiger partial charge in [0.1, 0.15) is 5.78 Å². The fourth-order valence-corrected chi connectivity index (χ4v) is 6.34. The van der Waals surface area contributed by atoms with E-state index < -0.39 is 0 Å². The summed E-state index contributed by atoms with van der Waals surface area (Å²) < 4.78 is 0. The number of ketones is 2. The van der Waals surface area contributed by atoms with E-state index in [2.05, 4.69) is 25.8 Å². The molecule has 5 atom stereocenters. The highest BCUT2D eigenvalue weighted by Gasteiger charge is 2.59. The molecule has 0 aromatic carbocycles. The van der Waals surface area contributed by atoms with E-state index in [-0.39, 0.29) is 16.6 Å². The van der Waals surface area contributed by atoms with Crippen LogP contribution >= 0.6 is 0 Å². The van der Waals surface area contributed by atoms with Crippen LogP contribution in [0.5, 0.6) is 0 Å². The molecule has 3 fully saturated rings. The summed E-state index contributed by atoms with van der Waals surface area (Å²) in [5.41, 5.74) is 1.33. The zero-order chi connectivity index (χ0) is 15.7. The van der Waals surface area contributed by atoms with Crippen LogP contribution < -0.4 is 0 Å². The molecule has 4 aliphatic rings. The average molecular weight is 301 g/mol. The van der Waals surface area contributed by atoms with Crippen molar-refractivity contribution in [3.8, 4) is 0 Å².